The topological polar surface area (TPSA) is 65.8 Å². The Hall–Kier alpha value is -1.96. The fourth-order valence-electron chi connectivity index (χ4n) is 1.03. The Morgan fingerprint density at radius 1 is 1.73 bits per heavy atom. The molecule has 0 bridgehead atoms. The van der Waals surface area contributed by atoms with E-state index >= 15 is 0 Å². The van der Waals surface area contributed by atoms with Crippen LogP contribution in [0.4, 0.5) is 4.39 Å². The van der Waals surface area contributed by atoms with E-state index < -0.39 is 11.7 Å². The Bertz CT molecular complexity index is 400. The summed E-state index contributed by atoms with van der Waals surface area (Å²) in [6.45, 7) is 1.70. The molecule has 5 heteroatoms. The number of hydrogen-bond acceptors (Lipinski definition) is 3. The molecule has 15 heavy (non-hydrogen) atoms. The summed E-state index contributed by atoms with van der Waals surface area (Å²) in [6.07, 6.45) is 2.52. The Labute approximate surface area is 86.7 Å². The molecule has 0 saturated heterocycles. The van der Waals surface area contributed by atoms with E-state index in [-0.39, 0.29) is 18.0 Å². The van der Waals surface area contributed by atoms with Gasteiger partial charge in [-0.25, -0.2) is 4.39 Å². The second kappa shape index (κ2) is 5.05. The van der Waals surface area contributed by atoms with Gasteiger partial charge in [0.1, 0.15) is 5.82 Å². The highest BCUT2D eigenvalue weighted by Crippen LogP contribution is 2.01. The van der Waals surface area contributed by atoms with E-state index in [9.17, 15) is 9.18 Å². The Kier molecular flexibility index (Phi) is 3.75. The predicted molar refractivity (Wildman–Crippen MR) is 51.4 cm³/mol. The Morgan fingerprint density at radius 2 is 2.47 bits per heavy atom. The van der Waals surface area contributed by atoms with Gasteiger partial charge in [-0.2, -0.15) is 5.26 Å². The van der Waals surface area contributed by atoms with Crippen LogP contribution < -0.4 is 5.32 Å². The standard InChI is InChI=1S/C10H10FN3O/c1-7(2-3-12)14-10(15)8-4-9(11)6-13-5-8/h4-7H,2H2,1H3,(H,14,15). The fourth-order valence-corrected chi connectivity index (χ4v) is 1.03. The molecule has 1 aromatic rings. The summed E-state index contributed by atoms with van der Waals surface area (Å²) in [5, 5.41) is 10.9. The first-order valence-corrected chi connectivity index (χ1v) is 4.42. The lowest BCUT2D eigenvalue weighted by Crippen LogP contribution is -2.32. The third-order valence-corrected chi connectivity index (χ3v) is 1.74. The molecule has 78 valence electrons. The van der Waals surface area contributed by atoms with Gasteiger partial charge in [0.05, 0.1) is 24.3 Å². The number of amides is 1. The van der Waals surface area contributed by atoms with E-state index in [0.29, 0.717) is 0 Å². The molecule has 0 aliphatic rings. The number of pyridine rings is 1. The molecule has 4 nitrogen and oxygen atoms in total. The molecule has 0 aliphatic heterocycles. The molecule has 0 aliphatic carbocycles. The normalized spacial score (nSPS) is 11.5. The molecular formula is C10H10FN3O. The average molecular weight is 207 g/mol. The highest BCUT2D eigenvalue weighted by atomic mass is 19.1. The Morgan fingerprint density at radius 3 is 3.07 bits per heavy atom. The molecule has 1 heterocycles. The minimum Gasteiger partial charge on any atom is -0.348 e. The van der Waals surface area contributed by atoms with Crippen molar-refractivity contribution < 1.29 is 9.18 Å². The minimum absolute atomic E-state index is 0.153. The highest BCUT2D eigenvalue weighted by molar-refractivity contribution is 5.94. The lowest BCUT2D eigenvalue weighted by atomic mass is 10.2. The van der Waals surface area contributed by atoms with Crippen LogP contribution in [0.1, 0.15) is 23.7 Å². The summed E-state index contributed by atoms with van der Waals surface area (Å²) in [5.74, 6) is -0.986. The highest BCUT2D eigenvalue weighted by Gasteiger charge is 2.10. The molecule has 0 saturated carbocycles. The summed E-state index contributed by atoms with van der Waals surface area (Å²) < 4.78 is 12.7. The van der Waals surface area contributed by atoms with Crippen LogP contribution in [0.5, 0.6) is 0 Å². The smallest absolute Gasteiger partial charge is 0.253 e. The van der Waals surface area contributed by atoms with Gasteiger partial charge in [-0.1, -0.05) is 0 Å². The van der Waals surface area contributed by atoms with Gasteiger partial charge in [0, 0.05) is 12.2 Å². The SMILES string of the molecule is CC(CC#N)NC(=O)c1cncc(F)c1. The van der Waals surface area contributed by atoms with Crippen LogP contribution in [0.25, 0.3) is 0 Å². The number of rotatable bonds is 3. The van der Waals surface area contributed by atoms with Crippen molar-refractivity contribution in [2.45, 2.75) is 19.4 Å². The van der Waals surface area contributed by atoms with Crippen LogP contribution in [-0.4, -0.2) is 16.9 Å². The van der Waals surface area contributed by atoms with Gasteiger partial charge in [0.2, 0.25) is 0 Å². The zero-order chi connectivity index (χ0) is 11.3. The van der Waals surface area contributed by atoms with Crippen molar-refractivity contribution in [1.82, 2.24) is 10.3 Å². The number of nitriles is 1. The van der Waals surface area contributed by atoms with Crippen LogP contribution >= 0.6 is 0 Å². The maximum Gasteiger partial charge on any atom is 0.253 e. The maximum atomic E-state index is 12.7. The van der Waals surface area contributed by atoms with Gasteiger partial charge < -0.3 is 5.32 Å². The van der Waals surface area contributed by atoms with E-state index in [1.807, 2.05) is 6.07 Å². The number of halogens is 1. The van der Waals surface area contributed by atoms with Gasteiger partial charge in [0.25, 0.3) is 5.91 Å². The second-order valence-corrected chi connectivity index (χ2v) is 3.13. The Balaban J connectivity index is 2.66. The third-order valence-electron chi connectivity index (χ3n) is 1.74. The number of carbonyl (C=O) groups is 1. The van der Waals surface area contributed by atoms with Gasteiger partial charge in [-0.05, 0) is 13.0 Å². The third kappa shape index (κ3) is 3.35. The van der Waals surface area contributed by atoms with E-state index in [1.165, 1.54) is 6.20 Å². The second-order valence-electron chi connectivity index (χ2n) is 3.13. The van der Waals surface area contributed by atoms with Crippen molar-refractivity contribution in [3.05, 3.63) is 29.8 Å². The minimum atomic E-state index is -0.560. The summed E-state index contributed by atoms with van der Waals surface area (Å²) in [6, 6.07) is 2.77. The quantitative estimate of drug-likeness (QED) is 0.811. The number of carbonyl (C=O) groups excluding carboxylic acids is 1. The van der Waals surface area contributed by atoms with Crippen LogP contribution in [0, 0.1) is 17.1 Å². The number of hydrogen-bond donors (Lipinski definition) is 1. The van der Waals surface area contributed by atoms with Gasteiger partial charge >= 0.3 is 0 Å². The zero-order valence-electron chi connectivity index (χ0n) is 8.20. The molecule has 0 radical (unpaired) electrons. The van der Waals surface area contributed by atoms with Crippen LogP contribution in [0.2, 0.25) is 0 Å². The number of aromatic nitrogens is 1. The maximum absolute atomic E-state index is 12.7. The van der Waals surface area contributed by atoms with Crippen molar-refractivity contribution in [2.24, 2.45) is 0 Å². The van der Waals surface area contributed by atoms with Crippen molar-refractivity contribution in [2.75, 3.05) is 0 Å². The average Bonchev–Trinajstić information content (AvgIpc) is 2.18. The zero-order valence-corrected chi connectivity index (χ0v) is 8.20. The monoisotopic (exact) mass is 207 g/mol. The lowest BCUT2D eigenvalue weighted by Gasteiger charge is -2.09. The number of nitrogens with zero attached hydrogens (tertiary/aromatic N) is 2. The van der Waals surface area contributed by atoms with Crippen molar-refractivity contribution in [3.8, 4) is 6.07 Å². The summed E-state index contributed by atoms with van der Waals surface area (Å²) in [5.41, 5.74) is 0.153. The van der Waals surface area contributed by atoms with Crippen molar-refractivity contribution in [1.29, 1.82) is 5.26 Å². The molecule has 1 atom stereocenters. The van der Waals surface area contributed by atoms with Gasteiger partial charge in [-0.3, -0.25) is 9.78 Å². The number of nitrogens with one attached hydrogen (secondary N) is 1. The fraction of sp³-hybridized carbons (Fsp3) is 0.300. The van der Waals surface area contributed by atoms with Crippen molar-refractivity contribution in [3.63, 3.8) is 0 Å². The summed E-state index contributed by atoms with van der Waals surface area (Å²) in [4.78, 5) is 15.0. The summed E-state index contributed by atoms with van der Waals surface area (Å²) >= 11 is 0. The molecular weight excluding hydrogens is 197 g/mol. The summed E-state index contributed by atoms with van der Waals surface area (Å²) in [7, 11) is 0. The molecule has 0 fully saturated rings. The first-order valence-electron chi connectivity index (χ1n) is 4.42. The van der Waals surface area contributed by atoms with Crippen LogP contribution in [0.3, 0.4) is 0 Å². The van der Waals surface area contributed by atoms with Crippen LogP contribution in [-0.2, 0) is 0 Å². The van der Waals surface area contributed by atoms with E-state index in [2.05, 4.69) is 10.3 Å². The van der Waals surface area contributed by atoms with Gasteiger partial charge in [0.15, 0.2) is 0 Å². The molecule has 1 unspecified atom stereocenters. The van der Waals surface area contributed by atoms with Crippen LogP contribution in [0.15, 0.2) is 18.5 Å². The predicted octanol–water partition coefficient (Wildman–Crippen LogP) is 1.25. The van der Waals surface area contributed by atoms with E-state index in [1.54, 1.807) is 6.92 Å². The van der Waals surface area contributed by atoms with Gasteiger partial charge in [-0.15, -0.1) is 0 Å². The molecule has 1 rings (SSSR count). The first kappa shape index (κ1) is 11.1. The first-order chi connectivity index (χ1) is 7.13. The molecule has 1 amide bonds. The molecule has 1 aromatic heterocycles. The lowest BCUT2D eigenvalue weighted by molar-refractivity contribution is 0.0940. The largest absolute Gasteiger partial charge is 0.348 e. The molecule has 1 N–H and O–H groups in total. The van der Waals surface area contributed by atoms with E-state index in [4.69, 9.17) is 5.26 Å². The van der Waals surface area contributed by atoms with E-state index in [0.717, 1.165) is 12.3 Å². The van der Waals surface area contributed by atoms with Crippen molar-refractivity contribution >= 4 is 5.91 Å². The molecule has 0 spiro atoms. The molecule has 0 aromatic carbocycles.